The average Bonchev–Trinajstić information content (AvgIpc) is 3.15. The number of piperidine rings is 1. The van der Waals surface area contributed by atoms with Crippen LogP contribution in [0.5, 0.6) is 0 Å². The molecule has 2 N–H and O–H groups in total. The van der Waals surface area contributed by atoms with Crippen LogP contribution in [0, 0.1) is 5.92 Å². The summed E-state index contributed by atoms with van der Waals surface area (Å²) in [6, 6.07) is -0.00742. The summed E-state index contributed by atoms with van der Waals surface area (Å²) in [5.41, 5.74) is 0. The third kappa shape index (κ3) is 4.79. The number of rotatable bonds is 4. The standard InChI is InChI=1S/C16H27N3O2S2/c20-15(13-4-1-5-17-13)18-9-12-3-2-6-19(10-12)16(21)14-11-22-7-8-23-14/h12-14,17H,1-11H2,(H,18,20). The fourth-order valence-electron chi connectivity index (χ4n) is 3.54. The third-order valence-electron chi connectivity index (χ3n) is 4.86. The Morgan fingerprint density at radius 2 is 2.13 bits per heavy atom. The third-order valence-corrected chi connectivity index (χ3v) is 7.61. The van der Waals surface area contributed by atoms with E-state index >= 15 is 0 Å². The molecule has 7 heteroatoms. The van der Waals surface area contributed by atoms with Crippen molar-refractivity contribution in [2.24, 2.45) is 5.92 Å². The molecule has 2 amide bonds. The van der Waals surface area contributed by atoms with Crippen LogP contribution in [0.25, 0.3) is 0 Å². The highest BCUT2D eigenvalue weighted by molar-refractivity contribution is 8.07. The van der Waals surface area contributed by atoms with Crippen molar-refractivity contribution in [1.29, 1.82) is 0 Å². The van der Waals surface area contributed by atoms with Gasteiger partial charge in [0.05, 0.1) is 11.3 Å². The number of carbonyl (C=O) groups is 2. The van der Waals surface area contributed by atoms with Crippen molar-refractivity contribution < 1.29 is 9.59 Å². The van der Waals surface area contributed by atoms with Gasteiger partial charge >= 0.3 is 0 Å². The first-order valence-electron chi connectivity index (χ1n) is 8.73. The predicted octanol–water partition coefficient (Wildman–Crippen LogP) is 0.942. The minimum Gasteiger partial charge on any atom is -0.354 e. The SMILES string of the molecule is O=C(NCC1CCCN(C(=O)C2CSCCS2)C1)C1CCCN1. The molecule has 0 saturated carbocycles. The Morgan fingerprint density at radius 1 is 1.22 bits per heavy atom. The first-order valence-corrected chi connectivity index (χ1v) is 10.9. The van der Waals surface area contributed by atoms with E-state index < -0.39 is 0 Å². The second-order valence-electron chi connectivity index (χ2n) is 6.62. The van der Waals surface area contributed by atoms with Gasteiger partial charge in [0.25, 0.3) is 0 Å². The number of carbonyl (C=O) groups excluding carboxylic acids is 2. The summed E-state index contributed by atoms with van der Waals surface area (Å²) in [5.74, 6) is 4.05. The molecule has 3 heterocycles. The largest absolute Gasteiger partial charge is 0.354 e. The van der Waals surface area contributed by atoms with Crippen LogP contribution in [0.4, 0.5) is 0 Å². The van der Waals surface area contributed by atoms with E-state index in [1.54, 1.807) is 0 Å². The molecule has 3 atom stereocenters. The number of hydrogen-bond donors (Lipinski definition) is 2. The van der Waals surface area contributed by atoms with Crippen LogP contribution >= 0.6 is 23.5 Å². The summed E-state index contributed by atoms with van der Waals surface area (Å²) in [6.45, 7) is 3.34. The molecular formula is C16H27N3O2S2. The van der Waals surface area contributed by atoms with Crippen LogP contribution in [0.3, 0.4) is 0 Å². The van der Waals surface area contributed by atoms with Gasteiger partial charge in [0.15, 0.2) is 0 Å². The molecule has 23 heavy (non-hydrogen) atoms. The Bertz CT molecular complexity index is 424. The summed E-state index contributed by atoms with van der Waals surface area (Å²) < 4.78 is 0. The van der Waals surface area contributed by atoms with Crippen LogP contribution < -0.4 is 10.6 Å². The van der Waals surface area contributed by atoms with Crippen LogP contribution in [0.2, 0.25) is 0 Å². The molecule has 3 aliphatic heterocycles. The van der Waals surface area contributed by atoms with Gasteiger partial charge < -0.3 is 15.5 Å². The minimum atomic E-state index is -0.00742. The number of hydrogen-bond acceptors (Lipinski definition) is 5. The van der Waals surface area contributed by atoms with E-state index in [1.807, 2.05) is 28.4 Å². The molecule has 3 fully saturated rings. The lowest BCUT2D eigenvalue weighted by Crippen LogP contribution is -2.49. The van der Waals surface area contributed by atoms with Crippen molar-refractivity contribution in [1.82, 2.24) is 15.5 Å². The lowest BCUT2D eigenvalue weighted by molar-refractivity contribution is -0.132. The molecule has 0 aliphatic carbocycles. The predicted molar refractivity (Wildman–Crippen MR) is 96.9 cm³/mol. The van der Waals surface area contributed by atoms with Gasteiger partial charge in [-0.25, -0.2) is 0 Å². The molecule has 0 aromatic rings. The van der Waals surface area contributed by atoms with Crippen LogP contribution in [0.1, 0.15) is 25.7 Å². The van der Waals surface area contributed by atoms with Gasteiger partial charge in [-0.1, -0.05) is 0 Å². The van der Waals surface area contributed by atoms with Crippen molar-refractivity contribution in [2.45, 2.75) is 37.0 Å². The Hall–Kier alpha value is -0.400. The van der Waals surface area contributed by atoms with Gasteiger partial charge in [-0.3, -0.25) is 9.59 Å². The highest BCUT2D eigenvalue weighted by atomic mass is 32.2. The zero-order chi connectivity index (χ0) is 16.1. The van der Waals surface area contributed by atoms with Crippen LogP contribution in [-0.4, -0.2) is 71.4 Å². The summed E-state index contributed by atoms with van der Waals surface area (Å²) in [4.78, 5) is 26.8. The Morgan fingerprint density at radius 3 is 2.87 bits per heavy atom. The second-order valence-corrected chi connectivity index (χ2v) is 9.08. The molecule has 3 unspecified atom stereocenters. The first-order chi connectivity index (χ1) is 11.2. The number of nitrogens with zero attached hydrogens (tertiary/aromatic N) is 1. The molecule has 0 aromatic heterocycles. The maximum atomic E-state index is 12.6. The maximum Gasteiger partial charge on any atom is 0.237 e. The van der Waals surface area contributed by atoms with Gasteiger partial charge in [0, 0.05) is 36.9 Å². The van der Waals surface area contributed by atoms with Gasteiger partial charge in [-0.2, -0.15) is 11.8 Å². The molecule has 0 radical (unpaired) electrons. The summed E-state index contributed by atoms with van der Waals surface area (Å²) in [5, 5.41) is 6.46. The van der Waals surface area contributed by atoms with E-state index in [2.05, 4.69) is 10.6 Å². The molecule has 0 aromatic carbocycles. The first kappa shape index (κ1) is 17.4. The van der Waals surface area contributed by atoms with E-state index in [4.69, 9.17) is 0 Å². The molecular weight excluding hydrogens is 330 g/mol. The molecule has 0 bridgehead atoms. The number of likely N-dealkylation sites (tertiary alicyclic amines) is 1. The monoisotopic (exact) mass is 357 g/mol. The number of amides is 2. The smallest absolute Gasteiger partial charge is 0.237 e. The maximum absolute atomic E-state index is 12.6. The number of nitrogens with one attached hydrogen (secondary N) is 2. The Kier molecular flexibility index (Phi) is 6.53. The minimum absolute atomic E-state index is 0.00742. The molecule has 3 rings (SSSR count). The normalized spacial score (nSPS) is 31.8. The van der Waals surface area contributed by atoms with E-state index in [0.717, 1.165) is 62.6 Å². The lowest BCUT2D eigenvalue weighted by Gasteiger charge is -2.35. The highest BCUT2D eigenvalue weighted by Gasteiger charge is 2.31. The molecule has 3 aliphatic rings. The fourth-order valence-corrected chi connectivity index (χ4v) is 6.17. The van der Waals surface area contributed by atoms with E-state index in [0.29, 0.717) is 18.4 Å². The molecule has 0 spiro atoms. The highest BCUT2D eigenvalue weighted by Crippen LogP contribution is 2.27. The van der Waals surface area contributed by atoms with Crippen molar-refractivity contribution in [3.63, 3.8) is 0 Å². The summed E-state index contributed by atoms with van der Waals surface area (Å²) in [7, 11) is 0. The Labute approximate surface area is 147 Å². The lowest BCUT2D eigenvalue weighted by atomic mass is 9.97. The van der Waals surface area contributed by atoms with Gasteiger partial charge in [0.2, 0.25) is 11.8 Å². The van der Waals surface area contributed by atoms with Gasteiger partial charge in [-0.15, -0.1) is 11.8 Å². The molecule has 5 nitrogen and oxygen atoms in total. The Balaban J connectivity index is 1.44. The van der Waals surface area contributed by atoms with Crippen LogP contribution in [-0.2, 0) is 9.59 Å². The molecule has 130 valence electrons. The van der Waals surface area contributed by atoms with E-state index in [1.165, 1.54) is 0 Å². The van der Waals surface area contributed by atoms with Crippen LogP contribution in [0.15, 0.2) is 0 Å². The second kappa shape index (κ2) is 8.62. The number of thioether (sulfide) groups is 2. The fraction of sp³-hybridized carbons (Fsp3) is 0.875. The van der Waals surface area contributed by atoms with Crippen molar-refractivity contribution in [2.75, 3.05) is 43.4 Å². The van der Waals surface area contributed by atoms with Crippen molar-refractivity contribution >= 4 is 35.3 Å². The van der Waals surface area contributed by atoms with E-state index in [9.17, 15) is 9.59 Å². The van der Waals surface area contributed by atoms with Gasteiger partial charge in [0.1, 0.15) is 0 Å². The van der Waals surface area contributed by atoms with E-state index in [-0.39, 0.29) is 17.2 Å². The zero-order valence-corrected chi connectivity index (χ0v) is 15.2. The van der Waals surface area contributed by atoms with Crippen molar-refractivity contribution in [3.8, 4) is 0 Å². The summed E-state index contributed by atoms with van der Waals surface area (Å²) >= 11 is 3.70. The van der Waals surface area contributed by atoms with Crippen molar-refractivity contribution in [3.05, 3.63) is 0 Å². The molecule has 3 saturated heterocycles. The summed E-state index contributed by atoms with van der Waals surface area (Å²) in [6.07, 6.45) is 4.19. The zero-order valence-electron chi connectivity index (χ0n) is 13.6. The topological polar surface area (TPSA) is 61.4 Å². The average molecular weight is 358 g/mol. The quantitative estimate of drug-likeness (QED) is 0.784. The van der Waals surface area contributed by atoms with Gasteiger partial charge in [-0.05, 0) is 38.1 Å².